The summed E-state index contributed by atoms with van der Waals surface area (Å²) < 4.78 is 12.2. The Bertz CT molecular complexity index is 1090. The highest BCUT2D eigenvalue weighted by atomic mass is 35.5. The van der Waals surface area contributed by atoms with E-state index in [4.69, 9.17) is 26.6 Å². The van der Waals surface area contributed by atoms with Crippen molar-refractivity contribution < 1.29 is 9.15 Å². The molecule has 2 N–H and O–H groups in total. The summed E-state index contributed by atoms with van der Waals surface area (Å²) >= 11 is 7.44. The van der Waals surface area contributed by atoms with Crippen LogP contribution in [0.2, 0.25) is 5.02 Å². The number of hydrogen-bond donors (Lipinski definition) is 1. The summed E-state index contributed by atoms with van der Waals surface area (Å²) in [6, 6.07) is 14.8. The maximum absolute atomic E-state index is 6.16. The summed E-state index contributed by atoms with van der Waals surface area (Å²) in [6.07, 6.45) is 1.62. The number of nitrogen functional groups attached to an aromatic ring is 1. The van der Waals surface area contributed by atoms with Crippen LogP contribution in [0.15, 0.2) is 64.4 Å². The molecule has 4 rings (SSSR count). The lowest BCUT2D eigenvalue weighted by Crippen LogP contribution is -2.11. The number of aromatic nitrogens is 4. The molecule has 4 aromatic rings. The van der Waals surface area contributed by atoms with Gasteiger partial charge in [-0.3, -0.25) is 0 Å². The topological polar surface area (TPSA) is 92.0 Å². The maximum atomic E-state index is 6.16. The van der Waals surface area contributed by atoms with Crippen LogP contribution in [0.25, 0.3) is 22.8 Å². The number of rotatable bonds is 6. The number of halogens is 1. The molecule has 9 heteroatoms. The van der Waals surface area contributed by atoms with Crippen LogP contribution in [0.1, 0.15) is 5.69 Å². The van der Waals surface area contributed by atoms with Crippen molar-refractivity contribution in [2.75, 3.05) is 13.0 Å². The third-order valence-corrected chi connectivity index (χ3v) is 5.20. The second-order valence-electron chi connectivity index (χ2n) is 5.85. The maximum Gasteiger partial charge on any atom is 0.226 e. The van der Waals surface area contributed by atoms with Gasteiger partial charge in [0.1, 0.15) is 12.0 Å². The second-order valence-corrected chi connectivity index (χ2v) is 7.23. The Kier molecular flexibility index (Phi) is 5.23. The molecule has 142 valence electrons. The zero-order chi connectivity index (χ0) is 19.5. The second kappa shape index (κ2) is 7.95. The van der Waals surface area contributed by atoms with Gasteiger partial charge in [-0.15, -0.1) is 10.2 Å². The normalized spacial score (nSPS) is 10.9. The molecule has 2 heterocycles. The molecule has 7 nitrogen and oxygen atoms in total. The number of thioether (sulfide) groups is 1. The standard InChI is InChI=1S/C19H16ClN5O2S/c1-26-16-7-5-12(6-8-16)17-23-24-19(25(17)21)28-11-15-10-27-18(22-15)13-3-2-4-14(20)9-13/h2-10H,11,21H2,1H3. The third-order valence-electron chi connectivity index (χ3n) is 3.99. The van der Waals surface area contributed by atoms with E-state index in [2.05, 4.69) is 15.2 Å². The largest absolute Gasteiger partial charge is 0.497 e. The molecule has 0 atom stereocenters. The van der Waals surface area contributed by atoms with Crippen molar-refractivity contribution in [1.82, 2.24) is 19.9 Å². The van der Waals surface area contributed by atoms with Gasteiger partial charge in [-0.2, -0.15) is 0 Å². The van der Waals surface area contributed by atoms with E-state index in [9.17, 15) is 0 Å². The summed E-state index contributed by atoms with van der Waals surface area (Å²) in [5.41, 5.74) is 2.45. The number of benzene rings is 2. The van der Waals surface area contributed by atoms with Gasteiger partial charge >= 0.3 is 0 Å². The lowest BCUT2D eigenvalue weighted by Gasteiger charge is -2.04. The minimum Gasteiger partial charge on any atom is -0.497 e. The lowest BCUT2D eigenvalue weighted by atomic mass is 10.2. The van der Waals surface area contributed by atoms with E-state index in [1.54, 1.807) is 19.4 Å². The van der Waals surface area contributed by atoms with E-state index >= 15 is 0 Å². The van der Waals surface area contributed by atoms with Crippen LogP contribution in [0.5, 0.6) is 5.75 Å². The summed E-state index contributed by atoms with van der Waals surface area (Å²) in [4.78, 5) is 4.49. The fraction of sp³-hybridized carbons (Fsp3) is 0.105. The van der Waals surface area contributed by atoms with Gasteiger partial charge in [0.25, 0.3) is 0 Å². The molecule has 0 unspecified atom stereocenters. The Hall–Kier alpha value is -2.97. The molecule has 0 fully saturated rings. The molecule has 2 aromatic heterocycles. The first kappa shape index (κ1) is 18.4. The Morgan fingerprint density at radius 2 is 1.96 bits per heavy atom. The van der Waals surface area contributed by atoms with Crippen molar-refractivity contribution in [3.63, 3.8) is 0 Å². The van der Waals surface area contributed by atoms with E-state index in [1.165, 1.54) is 16.4 Å². The molecule has 28 heavy (non-hydrogen) atoms. The molecule has 0 saturated heterocycles. The van der Waals surface area contributed by atoms with Crippen LogP contribution in [0.3, 0.4) is 0 Å². The highest BCUT2D eigenvalue weighted by Crippen LogP contribution is 2.27. The molecule has 0 radical (unpaired) electrons. The van der Waals surface area contributed by atoms with Crippen LogP contribution in [0.4, 0.5) is 0 Å². The van der Waals surface area contributed by atoms with Gasteiger partial charge < -0.3 is 15.0 Å². The minimum absolute atomic E-state index is 0.520. The van der Waals surface area contributed by atoms with Crippen molar-refractivity contribution in [2.45, 2.75) is 10.9 Å². The first-order valence-corrected chi connectivity index (χ1v) is 9.68. The number of ether oxygens (including phenoxy) is 1. The quantitative estimate of drug-likeness (QED) is 0.372. The van der Waals surface area contributed by atoms with Gasteiger partial charge in [0.05, 0.1) is 12.8 Å². The lowest BCUT2D eigenvalue weighted by molar-refractivity contribution is 0.415. The number of nitrogens with two attached hydrogens (primary N) is 1. The first-order valence-electron chi connectivity index (χ1n) is 8.32. The first-order chi connectivity index (χ1) is 13.6. The van der Waals surface area contributed by atoms with E-state index in [-0.39, 0.29) is 0 Å². The Morgan fingerprint density at radius 3 is 2.71 bits per heavy atom. The van der Waals surface area contributed by atoms with Crippen molar-refractivity contribution in [3.8, 4) is 28.6 Å². The molecular weight excluding hydrogens is 398 g/mol. The fourth-order valence-electron chi connectivity index (χ4n) is 2.58. The third kappa shape index (κ3) is 3.83. The summed E-state index contributed by atoms with van der Waals surface area (Å²) in [5, 5.41) is 9.57. The molecule has 0 aliphatic rings. The summed E-state index contributed by atoms with van der Waals surface area (Å²) in [5.74, 6) is 8.57. The van der Waals surface area contributed by atoms with Crippen molar-refractivity contribution >= 4 is 23.4 Å². The van der Waals surface area contributed by atoms with Crippen LogP contribution in [0, 0.1) is 0 Å². The van der Waals surface area contributed by atoms with Crippen LogP contribution >= 0.6 is 23.4 Å². The van der Waals surface area contributed by atoms with E-state index in [0.29, 0.717) is 27.6 Å². The zero-order valence-electron chi connectivity index (χ0n) is 14.9. The average Bonchev–Trinajstić information content (AvgIpc) is 3.33. The van der Waals surface area contributed by atoms with Gasteiger partial charge in [0.15, 0.2) is 5.82 Å². The fourth-order valence-corrected chi connectivity index (χ4v) is 3.50. The van der Waals surface area contributed by atoms with Crippen molar-refractivity contribution in [3.05, 3.63) is 65.5 Å². The van der Waals surface area contributed by atoms with Gasteiger partial charge in [0, 0.05) is 21.9 Å². The van der Waals surface area contributed by atoms with Crippen molar-refractivity contribution in [2.24, 2.45) is 0 Å². The van der Waals surface area contributed by atoms with Crippen LogP contribution in [-0.4, -0.2) is 27.0 Å². The van der Waals surface area contributed by atoms with Gasteiger partial charge in [-0.25, -0.2) is 9.66 Å². The number of hydrogen-bond acceptors (Lipinski definition) is 7. The Morgan fingerprint density at radius 1 is 1.14 bits per heavy atom. The Labute approximate surface area is 170 Å². The van der Waals surface area contributed by atoms with Crippen LogP contribution in [-0.2, 0) is 5.75 Å². The monoisotopic (exact) mass is 413 g/mol. The molecule has 0 amide bonds. The summed E-state index contributed by atoms with van der Waals surface area (Å²) in [6.45, 7) is 0. The highest BCUT2D eigenvalue weighted by Gasteiger charge is 2.14. The molecule has 0 aliphatic carbocycles. The minimum atomic E-state index is 0.520. The molecule has 0 bridgehead atoms. The molecular formula is C19H16ClN5O2S. The van der Waals surface area contributed by atoms with Crippen LogP contribution < -0.4 is 10.6 Å². The molecule has 0 aliphatic heterocycles. The van der Waals surface area contributed by atoms with Gasteiger partial charge in [0.2, 0.25) is 11.0 Å². The molecule has 0 spiro atoms. The van der Waals surface area contributed by atoms with Gasteiger partial charge in [-0.05, 0) is 42.5 Å². The molecule has 2 aromatic carbocycles. The smallest absolute Gasteiger partial charge is 0.226 e. The highest BCUT2D eigenvalue weighted by molar-refractivity contribution is 7.98. The van der Waals surface area contributed by atoms with E-state index < -0.39 is 0 Å². The predicted octanol–water partition coefficient (Wildman–Crippen LogP) is 4.27. The Balaban J connectivity index is 1.46. The number of nitrogens with zero attached hydrogens (tertiary/aromatic N) is 4. The van der Waals surface area contributed by atoms with E-state index in [1.807, 2.05) is 42.5 Å². The number of oxazole rings is 1. The van der Waals surface area contributed by atoms with E-state index in [0.717, 1.165) is 22.6 Å². The molecule has 0 saturated carbocycles. The predicted molar refractivity (Wildman–Crippen MR) is 109 cm³/mol. The van der Waals surface area contributed by atoms with Gasteiger partial charge in [-0.1, -0.05) is 29.4 Å². The number of methoxy groups -OCH3 is 1. The SMILES string of the molecule is COc1ccc(-c2nnc(SCc3coc(-c4cccc(Cl)c4)n3)n2N)cc1. The van der Waals surface area contributed by atoms with Crippen molar-refractivity contribution in [1.29, 1.82) is 0 Å². The zero-order valence-corrected chi connectivity index (χ0v) is 16.4. The summed E-state index contributed by atoms with van der Waals surface area (Å²) in [7, 11) is 1.62. The average molecular weight is 414 g/mol.